The lowest BCUT2D eigenvalue weighted by molar-refractivity contribution is -0.335. The van der Waals surface area contributed by atoms with Crippen molar-refractivity contribution < 1.29 is 44.2 Å². The van der Waals surface area contributed by atoms with Gasteiger partial charge in [0.25, 0.3) is 0 Å². The number of anilines is 1. The first-order valence-electron chi connectivity index (χ1n) is 31.9. The predicted molar refractivity (Wildman–Crippen MR) is 316 cm³/mol. The molecule has 1 saturated heterocycles. The first-order valence-corrected chi connectivity index (χ1v) is 31.9. The van der Waals surface area contributed by atoms with Gasteiger partial charge in [-0.3, -0.25) is 15.1 Å². The number of fused-ring (bicyclic) bond motifs is 12. The van der Waals surface area contributed by atoms with Crippen LogP contribution in [0.1, 0.15) is 146 Å². The number of ether oxygens (including phenoxy) is 4. The number of hydrogen-bond donors (Lipinski definition) is 7. The highest BCUT2D eigenvalue weighted by Crippen LogP contribution is 2.70. The summed E-state index contributed by atoms with van der Waals surface area (Å²) in [5.74, 6) is 10.4. The summed E-state index contributed by atoms with van der Waals surface area (Å²) in [6, 6.07) is 13.4. The van der Waals surface area contributed by atoms with E-state index in [9.17, 15) is 20.4 Å². The first-order chi connectivity index (χ1) is 39.8. The Morgan fingerprint density at radius 1 is 0.951 bits per heavy atom. The standard InChI is InChI=1S/C69H90N4O9/c1-5-42-14-20-50-51(12-9-28-74)53-13-7-26-68(53)49-33-57(73-64(71-3)72-27-8-11-48-10-6-25-67(48,61(77)23-21-54(68)52(50)30-42)35-43-15-22-58(76)59(31-43)79-4)63-60(34-49)81-66(41-70-2)37-56-44(24-29-80-63)16-18-46-36-65(56,39-66)40-69(78)55(46)32-45-17-19-47(38-75)62(45)82-69/h15-16,18,21-23,31,33-34,42,44-48,50-56,62,70,74-76,78H,5-7,9-14,17,19-20,25-26,28,30,32,35-41H2,1-4H3,(H2,71,72,73). The van der Waals surface area contributed by atoms with Crippen molar-refractivity contribution in [1.29, 1.82) is 0 Å². The molecule has 8 aliphatic carbocycles. The number of methoxy groups -OCH3 is 1. The lowest BCUT2D eigenvalue weighted by Crippen LogP contribution is -2.60. The number of carbonyl (C=O) groups excluding carboxylic acids is 1. The number of guanidine groups is 1. The lowest BCUT2D eigenvalue weighted by atomic mass is 9.45. The number of aliphatic imine (C=N–C) groups is 1. The van der Waals surface area contributed by atoms with Crippen LogP contribution < -0.4 is 30.2 Å². The Hall–Kier alpha value is -5.02. The number of phenols is 1. The van der Waals surface area contributed by atoms with E-state index in [2.05, 4.69) is 77.2 Å². The summed E-state index contributed by atoms with van der Waals surface area (Å²) >= 11 is 0. The molecule has 6 bridgehead atoms. The molecule has 7 N–H and O–H groups in total. The maximum Gasteiger partial charge on any atom is 0.207 e. The maximum absolute atomic E-state index is 15.9. The van der Waals surface area contributed by atoms with E-state index in [-0.39, 0.29) is 83.6 Å². The van der Waals surface area contributed by atoms with Gasteiger partial charge >= 0.3 is 0 Å². The Bertz CT molecular complexity index is 2990. The summed E-state index contributed by atoms with van der Waals surface area (Å²) in [5, 5.41) is 55.6. The smallest absolute Gasteiger partial charge is 0.207 e. The molecule has 0 radical (unpaired) electrons. The minimum absolute atomic E-state index is 0.00363. The number of rotatable bonds is 10. The minimum Gasteiger partial charge on any atom is -0.504 e. The normalized spacial score (nSPS) is 42.5. The summed E-state index contributed by atoms with van der Waals surface area (Å²) in [7, 11) is 5.34. The van der Waals surface area contributed by atoms with Crippen molar-refractivity contribution in [2.45, 2.75) is 165 Å². The van der Waals surface area contributed by atoms with E-state index in [1.807, 2.05) is 25.3 Å². The van der Waals surface area contributed by atoms with Gasteiger partial charge in [0.15, 0.2) is 28.8 Å². The lowest BCUT2D eigenvalue weighted by Gasteiger charge is -2.59. The number of hydrogen-bond acceptors (Lipinski definition) is 11. The summed E-state index contributed by atoms with van der Waals surface area (Å²) in [6.45, 7) is 3.15. The molecule has 13 nitrogen and oxygen atoms in total. The number of allylic oxidation sites excluding steroid dienone is 4. The van der Waals surface area contributed by atoms with E-state index < -0.39 is 22.2 Å². The van der Waals surface area contributed by atoms with E-state index in [0.717, 1.165) is 107 Å². The van der Waals surface area contributed by atoms with Crippen molar-refractivity contribution in [1.82, 2.24) is 10.6 Å². The average molecular weight is 1120 g/mol. The second-order valence-electron chi connectivity index (χ2n) is 27.9. The Morgan fingerprint density at radius 3 is 2.65 bits per heavy atom. The quantitative estimate of drug-likeness (QED) is 0.0885. The van der Waals surface area contributed by atoms with Crippen LogP contribution in [0.15, 0.2) is 59.6 Å². The second-order valence-corrected chi connectivity index (χ2v) is 27.9. The third kappa shape index (κ3) is 9.31. The molecule has 0 aromatic heterocycles. The Balaban J connectivity index is 0.976. The van der Waals surface area contributed by atoms with Gasteiger partial charge in [-0.05, 0) is 209 Å². The molecule has 19 atom stereocenters. The fourth-order valence-electron chi connectivity index (χ4n) is 20.9. The fraction of sp³-hybridized carbons (Fsp3) is 0.681. The largest absolute Gasteiger partial charge is 0.504 e. The molecule has 2 aromatic carbocycles. The van der Waals surface area contributed by atoms with Crippen LogP contribution in [0.25, 0.3) is 0 Å². The van der Waals surface area contributed by atoms with Gasteiger partial charge in [-0.25, -0.2) is 0 Å². The van der Waals surface area contributed by atoms with Crippen LogP contribution >= 0.6 is 0 Å². The number of likely N-dealkylation sites (N-methyl/N-ethyl adjacent to an activating group) is 1. The number of carbonyl (C=O) groups is 1. The molecule has 13 heteroatoms. The van der Waals surface area contributed by atoms with E-state index in [0.29, 0.717) is 97.1 Å². The van der Waals surface area contributed by atoms with Crippen molar-refractivity contribution in [3.8, 4) is 47.0 Å². The highest BCUT2D eigenvalue weighted by molar-refractivity contribution is 5.97. The molecule has 3 heterocycles. The number of aliphatic hydroxyl groups excluding tert-OH is 2. The summed E-state index contributed by atoms with van der Waals surface area (Å²) in [4.78, 5) is 20.7. The van der Waals surface area contributed by atoms with Crippen molar-refractivity contribution in [2.24, 2.45) is 92.8 Å². The number of nitrogens with zero attached hydrogens (tertiary/aromatic N) is 1. The molecule has 82 heavy (non-hydrogen) atoms. The van der Waals surface area contributed by atoms with Gasteiger partial charge in [0.2, 0.25) is 11.7 Å². The van der Waals surface area contributed by atoms with Crippen LogP contribution in [0.4, 0.5) is 5.69 Å². The van der Waals surface area contributed by atoms with E-state index in [1.165, 1.54) is 6.42 Å². The van der Waals surface area contributed by atoms with Gasteiger partial charge in [0, 0.05) is 74.3 Å². The highest BCUT2D eigenvalue weighted by atomic mass is 16.6. The minimum atomic E-state index is -1.34. The van der Waals surface area contributed by atoms with E-state index in [4.69, 9.17) is 23.9 Å². The van der Waals surface area contributed by atoms with Crippen molar-refractivity contribution >= 4 is 17.4 Å². The number of aromatic hydroxyl groups is 1. The SMILES string of the molecule is CCC1CCC2C(C1)C1C=CC(=O)C3(Cc4ccc(O)c(OC)c4)CCCC3CC#CNC(=NC)Nc3cc(cc4c3OC#CC3C=CC5CC6(CC(CNC)(CC36)O4)CC3(O)OC4C(CO)CCC4CC53)C13CCCC3C2CCCO. The Kier molecular flexibility index (Phi) is 15.1. The number of nitrogens with one attached hydrogen (secondary N) is 3. The number of ketones is 1. The van der Waals surface area contributed by atoms with Gasteiger partial charge < -0.3 is 50.0 Å². The first kappa shape index (κ1) is 56.1. The van der Waals surface area contributed by atoms with Gasteiger partial charge in [-0.1, -0.05) is 68.7 Å². The molecule has 3 aliphatic heterocycles. The van der Waals surface area contributed by atoms with Crippen LogP contribution in [0.3, 0.4) is 0 Å². The number of phenolic OH excluding ortho intramolecular Hbond substituents is 1. The molecule has 440 valence electrons. The van der Waals surface area contributed by atoms with Crippen molar-refractivity contribution in [2.75, 3.05) is 46.3 Å². The average Bonchev–Trinajstić information content (AvgIpc) is 2.17. The van der Waals surface area contributed by atoms with E-state index in [1.54, 1.807) is 20.2 Å². The van der Waals surface area contributed by atoms with Crippen LogP contribution in [-0.4, -0.2) is 90.6 Å². The van der Waals surface area contributed by atoms with Gasteiger partial charge in [0.1, 0.15) is 11.7 Å². The molecule has 0 amide bonds. The zero-order chi connectivity index (χ0) is 56.6. The number of benzene rings is 2. The Labute approximate surface area is 486 Å². The van der Waals surface area contributed by atoms with E-state index >= 15 is 4.79 Å². The third-order valence-corrected chi connectivity index (χ3v) is 24.1. The van der Waals surface area contributed by atoms with Crippen LogP contribution in [0, 0.1) is 112 Å². The monoisotopic (exact) mass is 1120 g/mol. The summed E-state index contributed by atoms with van der Waals surface area (Å²) < 4.78 is 27.5. The van der Waals surface area contributed by atoms with Gasteiger partial charge in [-0.15, -0.1) is 0 Å². The zero-order valence-corrected chi connectivity index (χ0v) is 49.0. The van der Waals surface area contributed by atoms with Gasteiger partial charge in [0.05, 0.1) is 18.9 Å². The molecular weight excluding hydrogens is 1030 g/mol. The molecule has 11 aliphatic rings. The molecule has 7 saturated carbocycles. The molecule has 13 rings (SSSR count). The Morgan fingerprint density at radius 2 is 1.83 bits per heavy atom. The molecular formula is C69H90N4O9. The zero-order valence-electron chi connectivity index (χ0n) is 49.0. The van der Waals surface area contributed by atoms with Crippen molar-refractivity contribution in [3.05, 3.63) is 65.8 Å². The molecule has 8 fully saturated rings. The fourth-order valence-corrected chi connectivity index (χ4v) is 20.9. The maximum atomic E-state index is 15.9. The highest BCUT2D eigenvalue weighted by Gasteiger charge is 2.68. The predicted octanol–water partition coefficient (Wildman–Crippen LogP) is 10.2. The summed E-state index contributed by atoms with van der Waals surface area (Å²) in [6.07, 6.45) is 30.8. The van der Waals surface area contributed by atoms with Gasteiger partial charge in [-0.2, -0.15) is 0 Å². The molecule has 19 unspecified atom stereocenters. The van der Waals surface area contributed by atoms with Crippen LogP contribution in [0.2, 0.25) is 0 Å². The summed E-state index contributed by atoms with van der Waals surface area (Å²) in [5.41, 5.74) is 0.587. The van der Waals surface area contributed by atoms with Crippen LogP contribution in [-0.2, 0) is 21.4 Å². The second kappa shape index (κ2) is 22.1. The van der Waals surface area contributed by atoms with Crippen LogP contribution in [0.5, 0.6) is 23.0 Å². The molecule has 2 aromatic rings. The van der Waals surface area contributed by atoms with Crippen molar-refractivity contribution in [3.63, 3.8) is 0 Å². The topological polar surface area (TPSA) is 183 Å². The number of aliphatic hydroxyl groups is 3. The third-order valence-electron chi connectivity index (χ3n) is 24.1. The molecule has 2 spiro atoms.